The summed E-state index contributed by atoms with van der Waals surface area (Å²) >= 11 is 7.47. The molecule has 1 aromatic rings. The maximum Gasteiger partial charge on any atom is 0.224 e. The first-order valence-corrected chi connectivity index (χ1v) is 11.8. The van der Waals surface area contributed by atoms with Crippen LogP contribution in [0.2, 0.25) is 5.02 Å². The van der Waals surface area contributed by atoms with Crippen molar-refractivity contribution in [2.45, 2.75) is 25.5 Å². The molecule has 146 valence electrons. The maximum absolute atomic E-state index is 13.7. The number of hydrogen-bond donors (Lipinski definition) is 1. The van der Waals surface area contributed by atoms with E-state index in [4.69, 9.17) is 11.6 Å². The molecule has 0 bridgehead atoms. The molecule has 0 saturated carbocycles. The highest BCUT2D eigenvalue weighted by Crippen LogP contribution is 2.24. The molecule has 1 heterocycles. The number of piperidine rings is 1. The van der Waals surface area contributed by atoms with Gasteiger partial charge in [0.1, 0.15) is 5.82 Å². The van der Waals surface area contributed by atoms with Crippen molar-refractivity contribution < 1.29 is 17.6 Å². The molecule has 0 aromatic heterocycles. The molecule has 0 aliphatic carbocycles. The van der Waals surface area contributed by atoms with Crippen molar-refractivity contribution in [3.8, 4) is 0 Å². The van der Waals surface area contributed by atoms with E-state index in [1.807, 2.05) is 0 Å². The highest BCUT2D eigenvalue weighted by atomic mass is 35.5. The first kappa shape index (κ1) is 21.5. The number of nitrogens with one attached hydrogen (secondary N) is 1. The zero-order chi connectivity index (χ0) is 19.2. The zero-order valence-corrected chi connectivity index (χ0v) is 17.1. The van der Waals surface area contributed by atoms with Gasteiger partial charge in [0.05, 0.1) is 11.7 Å². The minimum atomic E-state index is -3.25. The van der Waals surface area contributed by atoms with Gasteiger partial charge in [0.2, 0.25) is 15.9 Å². The SMILES string of the molecule is CCS(=O)(=O)N1CCC[C@@H](C(=O)NCCSCc2c(F)cccc2Cl)C1. The molecule has 5 nitrogen and oxygen atoms in total. The monoisotopic (exact) mass is 422 g/mol. The van der Waals surface area contributed by atoms with E-state index in [-0.39, 0.29) is 29.9 Å². The molecule has 0 radical (unpaired) electrons. The van der Waals surface area contributed by atoms with Crippen LogP contribution in [0, 0.1) is 11.7 Å². The molecule has 1 amide bonds. The lowest BCUT2D eigenvalue weighted by Gasteiger charge is -2.30. The molecular formula is C17H24ClFN2O3S2. The Morgan fingerprint density at radius 3 is 2.92 bits per heavy atom. The van der Waals surface area contributed by atoms with Gasteiger partial charge in [0.25, 0.3) is 0 Å². The second-order valence-electron chi connectivity index (χ2n) is 6.14. The van der Waals surface area contributed by atoms with E-state index < -0.39 is 10.0 Å². The van der Waals surface area contributed by atoms with Gasteiger partial charge in [-0.2, -0.15) is 11.8 Å². The van der Waals surface area contributed by atoms with Crippen LogP contribution in [0.5, 0.6) is 0 Å². The molecule has 26 heavy (non-hydrogen) atoms. The second kappa shape index (κ2) is 9.92. The molecule has 9 heteroatoms. The molecule has 1 aliphatic rings. The Balaban J connectivity index is 1.73. The molecular weight excluding hydrogens is 399 g/mol. The minimum absolute atomic E-state index is 0.0522. The van der Waals surface area contributed by atoms with E-state index in [1.165, 1.54) is 22.1 Å². The number of halogens is 2. The van der Waals surface area contributed by atoms with Crippen LogP contribution in [-0.4, -0.2) is 49.8 Å². The van der Waals surface area contributed by atoms with E-state index in [1.54, 1.807) is 19.1 Å². The average molecular weight is 423 g/mol. The van der Waals surface area contributed by atoms with Crippen molar-refractivity contribution in [3.05, 3.63) is 34.6 Å². The Labute approximate surface area is 163 Å². The summed E-state index contributed by atoms with van der Waals surface area (Å²) in [7, 11) is -3.25. The van der Waals surface area contributed by atoms with E-state index in [9.17, 15) is 17.6 Å². The van der Waals surface area contributed by atoms with Crippen LogP contribution in [0.15, 0.2) is 18.2 Å². The van der Waals surface area contributed by atoms with Crippen LogP contribution < -0.4 is 5.32 Å². The van der Waals surface area contributed by atoms with Gasteiger partial charge in [0, 0.05) is 41.7 Å². The summed E-state index contributed by atoms with van der Waals surface area (Å²) in [6, 6.07) is 4.60. The number of carbonyl (C=O) groups excluding carboxylic acids is 1. The number of carbonyl (C=O) groups is 1. The number of benzene rings is 1. The van der Waals surface area contributed by atoms with Crippen molar-refractivity contribution in [1.29, 1.82) is 0 Å². The predicted octanol–water partition coefficient (Wildman–Crippen LogP) is 2.89. The minimum Gasteiger partial charge on any atom is -0.355 e. The molecule has 1 aromatic carbocycles. The van der Waals surface area contributed by atoms with E-state index in [2.05, 4.69) is 5.32 Å². The molecule has 1 fully saturated rings. The fourth-order valence-electron chi connectivity index (χ4n) is 2.83. The van der Waals surface area contributed by atoms with Gasteiger partial charge >= 0.3 is 0 Å². The zero-order valence-electron chi connectivity index (χ0n) is 14.7. The molecule has 1 saturated heterocycles. The average Bonchev–Trinajstić information content (AvgIpc) is 2.63. The van der Waals surface area contributed by atoms with Gasteiger partial charge < -0.3 is 5.32 Å². The van der Waals surface area contributed by atoms with E-state index in [0.717, 1.165) is 0 Å². The van der Waals surface area contributed by atoms with Gasteiger partial charge in [-0.3, -0.25) is 4.79 Å². The Bertz CT molecular complexity index is 710. The Kier molecular flexibility index (Phi) is 8.19. The summed E-state index contributed by atoms with van der Waals surface area (Å²) in [4.78, 5) is 12.3. The molecule has 2 rings (SSSR count). The number of amides is 1. The fourth-order valence-corrected chi connectivity index (χ4v) is 5.20. The number of sulfonamides is 1. The smallest absolute Gasteiger partial charge is 0.224 e. The summed E-state index contributed by atoms with van der Waals surface area (Å²) in [5.41, 5.74) is 0.471. The third-order valence-corrected chi connectivity index (χ3v) is 7.55. The molecule has 1 aliphatic heterocycles. The van der Waals surface area contributed by atoms with Crippen LogP contribution in [0.1, 0.15) is 25.3 Å². The van der Waals surface area contributed by atoms with Gasteiger partial charge in [-0.05, 0) is 31.9 Å². The Hall–Kier alpha value is -0.830. The van der Waals surface area contributed by atoms with Crippen molar-refractivity contribution in [1.82, 2.24) is 9.62 Å². The van der Waals surface area contributed by atoms with Crippen molar-refractivity contribution in [2.75, 3.05) is 31.1 Å². The highest BCUT2D eigenvalue weighted by Gasteiger charge is 2.31. The summed E-state index contributed by atoms with van der Waals surface area (Å²) < 4.78 is 39.0. The van der Waals surface area contributed by atoms with E-state index >= 15 is 0 Å². The lowest BCUT2D eigenvalue weighted by atomic mass is 9.99. The maximum atomic E-state index is 13.7. The summed E-state index contributed by atoms with van der Waals surface area (Å²) in [5, 5.41) is 3.25. The fraction of sp³-hybridized carbons (Fsp3) is 0.588. The second-order valence-corrected chi connectivity index (χ2v) is 9.91. The molecule has 1 atom stereocenters. The highest BCUT2D eigenvalue weighted by molar-refractivity contribution is 7.98. The third kappa shape index (κ3) is 5.84. The number of thioether (sulfide) groups is 1. The lowest BCUT2D eigenvalue weighted by molar-refractivity contribution is -0.125. The summed E-state index contributed by atoms with van der Waals surface area (Å²) in [6.45, 7) is 2.80. The largest absolute Gasteiger partial charge is 0.355 e. The third-order valence-electron chi connectivity index (χ3n) is 4.37. The van der Waals surface area contributed by atoms with Gasteiger partial charge in [-0.15, -0.1) is 0 Å². The summed E-state index contributed by atoms with van der Waals surface area (Å²) in [6.07, 6.45) is 1.39. The van der Waals surface area contributed by atoms with Crippen molar-refractivity contribution >= 4 is 39.3 Å². The van der Waals surface area contributed by atoms with E-state index in [0.29, 0.717) is 48.0 Å². The van der Waals surface area contributed by atoms with Gasteiger partial charge in [-0.1, -0.05) is 17.7 Å². The van der Waals surface area contributed by atoms with Gasteiger partial charge in [0.15, 0.2) is 0 Å². The molecule has 0 unspecified atom stereocenters. The van der Waals surface area contributed by atoms with Crippen LogP contribution >= 0.6 is 23.4 Å². The number of rotatable bonds is 8. The normalized spacial score (nSPS) is 18.7. The number of nitrogens with zero attached hydrogens (tertiary/aromatic N) is 1. The lowest BCUT2D eigenvalue weighted by Crippen LogP contribution is -2.46. The quantitative estimate of drug-likeness (QED) is 0.654. The van der Waals surface area contributed by atoms with Gasteiger partial charge in [-0.25, -0.2) is 17.1 Å². The molecule has 1 N–H and O–H groups in total. The predicted molar refractivity (Wildman–Crippen MR) is 104 cm³/mol. The number of hydrogen-bond acceptors (Lipinski definition) is 4. The van der Waals surface area contributed by atoms with Crippen molar-refractivity contribution in [3.63, 3.8) is 0 Å². The first-order valence-electron chi connectivity index (χ1n) is 8.61. The van der Waals surface area contributed by atoms with Crippen LogP contribution in [0.25, 0.3) is 0 Å². The Morgan fingerprint density at radius 1 is 1.46 bits per heavy atom. The van der Waals surface area contributed by atoms with Crippen molar-refractivity contribution in [2.24, 2.45) is 5.92 Å². The first-order chi connectivity index (χ1) is 12.3. The standard InChI is InChI=1S/C17H24ClFN2O3S2/c1-2-26(23,24)21-9-4-5-13(11-21)17(22)20-8-10-25-12-14-15(18)6-3-7-16(14)19/h3,6-7,13H,2,4-5,8-12H2,1H3,(H,20,22)/t13-/m1/s1. The Morgan fingerprint density at radius 2 is 2.23 bits per heavy atom. The topological polar surface area (TPSA) is 66.5 Å². The van der Waals surface area contributed by atoms with Crippen LogP contribution in [0.4, 0.5) is 4.39 Å². The van der Waals surface area contributed by atoms with Crippen LogP contribution in [0.3, 0.4) is 0 Å². The van der Waals surface area contributed by atoms with Crippen LogP contribution in [-0.2, 0) is 20.6 Å². The molecule has 0 spiro atoms. The summed E-state index contributed by atoms with van der Waals surface area (Å²) in [5.74, 6) is 0.361.